The fourth-order valence-corrected chi connectivity index (χ4v) is 1.35. The van der Waals surface area contributed by atoms with Gasteiger partial charge in [0.1, 0.15) is 0 Å². The molecule has 0 saturated carbocycles. The Hall–Kier alpha value is -1.35. The Morgan fingerprint density at radius 2 is 2.31 bits per heavy atom. The molecule has 0 aliphatic carbocycles. The van der Waals surface area contributed by atoms with Crippen LogP contribution in [0.5, 0.6) is 0 Å². The lowest BCUT2D eigenvalue weighted by atomic mass is 10.1. The van der Waals surface area contributed by atoms with E-state index in [9.17, 15) is 9.90 Å². The van der Waals surface area contributed by atoms with Gasteiger partial charge in [-0.05, 0) is 12.0 Å². The first kappa shape index (κ1) is 12.7. The Morgan fingerprint density at radius 1 is 1.56 bits per heavy atom. The quantitative estimate of drug-likeness (QED) is 0.697. The molecule has 1 rings (SSSR count). The lowest BCUT2D eigenvalue weighted by molar-refractivity contribution is -0.119. The number of amides is 1. The summed E-state index contributed by atoms with van der Waals surface area (Å²) in [6.07, 6.45) is 12.2. The van der Waals surface area contributed by atoms with Crippen LogP contribution >= 0.6 is 0 Å². The average Bonchev–Trinajstić information content (AvgIpc) is 2.58. The summed E-state index contributed by atoms with van der Waals surface area (Å²) >= 11 is 0. The van der Waals surface area contributed by atoms with Crippen molar-refractivity contribution in [3.8, 4) is 0 Å². The van der Waals surface area contributed by atoms with E-state index in [0.717, 1.165) is 6.42 Å². The minimum atomic E-state index is -1.20. The van der Waals surface area contributed by atoms with Gasteiger partial charge in [0.15, 0.2) is 5.72 Å². The maximum Gasteiger partial charge on any atom is 0.246 e. The van der Waals surface area contributed by atoms with E-state index in [2.05, 4.69) is 25.2 Å². The molecular weight excluding hydrogens is 202 g/mol. The van der Waals surface area contributed by atoms with Crippen molar-refractivity contribution in [1.82, 2.24) is 5.32 Å². The number of allylic oxidation sites excluding steroid dienone is 3. The third-order valence-electron chi connectivity index (χ3n) is 2.61. The number of aliphatic hydroxyl groups is 1. The second kappa shape index (κ2) is 5.66. The zero-order valence-corrected chi connectivity index (χ0v) is 9.81. The van der Waals surface area contributed by atoms with Crippen LogP contribution in [0, 0.1) is 5.92 Å². The topological polar surface area (TPSA) is 49.3 Å². The van der Waals surface area contributed by atoms with Crippen molar-refractivity contribution in [2.45, 2.75) is 32.4 Å². The van der Waals surface area contributed by atoms with Crippen molar-refractivity contribution in [1.29, 1.82) is 0 Å². The van der Waals surface area contributed by atoms with Crippen LogP contribution in [-0.2, 0) is 4.79 Å². The first-order valence-corrected chi connectivity index (χ1v) is 5.63. The molecule has 0 fully saturated rings. The second-order valence-electron chi connectivity index (χ2n) is 4.15. The first-order valence-electron chi connectivity index (χ1n) is 5.63. The van der Waals surface area contributed by atoms with Gasteiger partial charge in [-0.15, -0.1) is 0 Å². The van der Waals surface area contributed by atoms with Crippen LogP contribution < -0.4 is 5.32 Å². The van der Waals surface area contributed by atoms with Gasteiger partial charge in [0.25, 0.3) is 0 Å². The summed E-state index contributed by atoms with van der Waals surface area (Å²) in [6.45, 7) is 4.29. The molecule has 1 aliphatic heterocycles. The van der Waals surface area contributed by atoms with Gasteiger partial charge in [0.2, 0.25) is 5.91 Å². The van der Waals surface area contributed by atoms with Crippen LogP contribution in [0.15, 0.2) is 36.5 Å². The van der Waals surface area contributed by atoms with Crippen molar-refractivity contribution in [2.75, 3.05) is 0 Å². The molecule has 0 aromatic carbocycles. The number of hydrogen-bond donors (Lipinski definition) is 2. The van der Waals surface area contributed by atoms with Gasteiger partial charge in [0.05, 0.1) is 0 Å². The zero-order valence-electron chi connectivity index (χ0n) is 9.81. The summed E-state index contributed by atoms with van der Waals surface area (Å²) in [4.78, 5) is 10.9. The Balaban J connectivity index is 2.35. The predicted octanol–water partition coefficient (Wildman–Crippen LogP) is 1.91. The molecule has 1 amide bonds. The highest BCUT2D eigenvalue weighted by Crippen LogP contribution is 2.14. The molecule has 1 aliphatic rings. The highest BCUT2D eigenvalue weighted by molar-refractivity contribution is 5.91. The third-order valence-corrected chi connectivity index (χ3v) is 2.61. The van der Waals surface area contributed by atoms with Crippen molar-refractivity contribution in [3.63, 3.8) is 0 Å². The Labute approximate surface area is 96.5 Å². The van der Waals surface area contributed by atoms with Crippen LogP contribution in [0.3, 0.4) is 0 Å². The molecule has 2 unspecified atom stereocenters. The van der Waals surface area contributed by atoms with Gasteiger partial charge in [-0.2, -0.15) is 0 Å². The molecule has 3 nitrogen and oxygen atoms in total. The molecular formula is C13H19NO2. The van der Waals surface area contributed by atoms with Gasteiger partial charge in [0, 0.05) is 12.5 Å². The SMILES string of the molecule is CCC(C)C=CC=CCC1(O)C=CC(=O)N1. The summed E-state index contributed by atoms with van der Waals surface area (Å²) in [5, 5.41) is 12.3. The Morgan fingerprint density at radius 3 is 2.88 bits per heavy atom. The van der Waals surface area contributed by atoms with E-state index in [1.807, 2.05) is 18.2 Å². The molecule has 16 heavy (non-hydrogen) atoms. The summed E-state index contributed by atoms with van der Waals surface area (Å²) in [6, 6.07) is 0. The number of hydrogen-bond acceptors (Lipinski definition) is 2. The van der Waals surface area contributed by atoms with E-state index in [4.69, 9.17) is 0 Å². The monoisotopic (exact) mass is 221 g/mol. The molecule has 1 heterocycles. The lowest BCUT2D eigenvalue weighted by Crippen LogP contribution is -2.41. The van der Waals surface area contributed by atoms with Gasteiger partial charge >= 0.3 is 0 Å². The molecule has 0 aromatic rings. The number of carbonyl (C=O) groups excluding carboxylic acids is 1. The number of nitrogens with one attached hydrogen (secondary N) is 1. The highest BCUT2D eigenvalue weighted by atomic mass is 16.3. The third kappa shape index (κ3) is 4.03. The maximum atomic E-state index is 10.9. The second-order valence-corrected chi connectivity index (χ2v) is 4.15. The van der Waals surface area contributed by atoms with Gasteiger partial charge in [-0.3, -0.25) is 4.79 Å². The van der Waals surface area contributed by atoms with Crippen molar-refractivity contribution >= 4 is 5.91 Å². The first-order chi connectivity index (χ1) is 7.56. The largest absolute Gasteiger partial charge is 0.367 e. The van der Waals surface area contributed by atoms with E-state index in [1.165, 1.54) is 12.2 Å². The Kier molecular flexibility index (Phi) is 4.50. The van der Waals surface area contributed by atoms with Gasteiger partial charge in [-0.25, -0.2) is 0 Å². The number of carbonyl (C=O) groups is 1. The normalized spacial score (nSPS) is 26.8. The molecule has 0 aromatic heterocycles. The lowest BCUT2D eigenvalue weighted by Gasteiger charge is -2.18. The van der Waals surface area contributed by atoms with E-state index < -0.39 is 5.72 Å². The minimum Gasteiger partial charge on any atom is -0.367 e. The smallest absolute Gasteiger partial charge is 0.246 e. The zero-order chi connectivity index (χ0) is 12.0. The standard InChI is InChI=1S/C13H19NO2/c1-3-11(2)7-5-4-6-9-13(16)10-8-12(15)14-13/h4-8,10-11,16H,3,9H2,1-2H3,(H,14,15). The highest BCUT2D eigenvalue weighted by Gasteiger charge is 2.28. The van der Waals surface area contributed by atoms with Crippen molar-refractivity contribution < 1.29 is 9.90 Å². The molecule has 2 atom stereocenters. The summed E-state index contributed by atoms with van der Waals surface area (Å²) in [7, 11) is 0. The molecule has 3 heteroatoms. The molecule has 0 saturated heterocycles. The van der Waals surface area contributed by atoms with E-state index in [1.54, 1.807) is 0 Å². The fourth-order valence-electron chi connectivity index (χ4n) is 1.35. The van der Waals surface area contributed by atoms with Crippen molar-refractivity contribution in [2.24, 2.45) is 5.92 Å². The summed E-state index contributed by atoms with van der Waals surface area (Å²) in [5.41, 5.74) is -1.20. The van der Waals surface area contributed by atoms with Crippen LogP contribution in [0.4, 0.5) is 0 Å². The van der Waals surface area contributed by atoms with Crippen LogP contribution in [0.25, 0.3) is 0 Å². The molecule has 2 N–H and O–H groups in total. The van der Waals surface area contributed by atoms with E-state index in [-0.39, 0.29) is 5.91 Å². The van der Waals surface area contributed by atoms with Gasteiger partial charge in [-0.1, -0.05) is 44.6 Å². The van der Waals surface area contributed by atoms with Crippen molar-refractivity contribution in [3.05, 3.63) is 36.5 Å². The predicted molar refractivity (Wildman–Crippen MR) is 64.6 cm³/mol. The fraction of sp³-hybridized carbons (Fsp3) is 0.462. The maximum absolute atomic E-state index is 10.9. The average molecular weight is 221 g/mol. The van der Waals surface area contributed by atoms with Crippen LogP contribution in [0.2, 0.25) is 0 Å². The van der Waals surface area contributed by atoms with E-state index in [0.29, 0.717) is 12.3 Å². The van der Waals surface area contributed by atoms with Crippen LogP contribution in [0.1, 0.15) is 26.7 Å². The Bertz CT molecular complexity index is 331. The minimum absolute atomic E-state index is 0.244. The summed E-state index contributed by atoms with van der Waals surface area (Å²) in [5.74, 6) is 0.324. The molecule has 88 valence electrons. The molecule has 0 bridgehead atoms. The number of rotatable bonds is 5. The molecule has 0 spiro atoms. The van der Waals surface area contributed by atoms with Crippen LogP contribution in [-0.4, -0.2) is 16.7 Å². The van der Waals surface area contributed by atoms with Gasteiger partial charge < -0.3 is 10.4 Å². The van der Waals surface area contributed by atoms with E-state index >= 15 is 0 Å². The molecule has 0 radical (unpaired) electrons. The summed E-state index contributed by atoms with van der Waals surface area (Å²) < 4.78 is 0.